The van der Waals surface area contributed by atoms with Crippen LogP contribution >= 0.6 is 18.4 Å². The molecule has 0 heterocycles. The average molecular weight is 930 g/mol. The normalized spacial score (nSPS) is 14.1. The molecule has 0 atom stereocenters. The van der Waals surface area contributed by atoms with Crippen molar-refractivity contribution in [3.63, 3.8) is 0 Å². The first-order chi connectivity index (χ1) is 19.2. The molecule has 0 unspecified atom stereocenters. The van der Waals surface area contributed by atoms with Crippen LogP contribution in [0.2, 0.25) is 0 Å². The van der Waals surface area contributed by atoms with Crippen molar-refractivity contribution in [2.24, 2.45) is 32.5 Å². The summed E-state index contributed by atoms with van der Waals surface area (Å²) in [7, 11) is 0. The van der Waals surface area contributed by atoms with E-state index in [1.165, 1.54) is 0 Å². The fourth-order valence-electron chi connectivity index (χ4n) is 1.75. The van der Waals surface area contributed by atoms with Crippen LogP contribution in [0.4, 0.5) is 0 Å². The first-order valence-corrected chi connectivity index (χ1v) is 26.0. The molecule has 46 heavy (non-hydrogen) atoms. The van der Waals surface area contributed by atoms with Gasteiger partial charge in [0.05, 0.1) is 39.6 Å². The largest absolute Gasteiger partial charge is 3.00 e. The molecule has 0 amide bonds. The van der Waals surface area contributed by atoms with E-state index in [0.717, 1.165) is 0 Å². The van der Waals surface area contributed by atoms with Gasteiger partial charge in [-0.2, -0.15) is 0 Å². The van der Waals surface area contributed by atoms with Crippen molar-refractivity contribution in [3.8, 4) is 0 Å². The molecule has 0 aliphatic carbocycles. The van der Waals surface area contributed by atoms with E-state index in [0.29, 0.717) is 39.6 Å². The summed E-state index contributed by atoms with van der Waals surface area (Å²) in [6, 6.07) is 0. The van der Waals surface area contributed by atoms with Crippen molar-refractivity contribution in [2.75, 3.05) is 39.6 Å². The van der Waals surface area contributed by atoms with Gasteiger partial charge in [0.25, 0.3) is 0 Å². The Morgan fingerprint density at radius 3 is 0.435 bits per heavy atom. The summed E-state index contributed by atoms with van der Waals surface area (Å²) in [5.41, 5.74) is 0.464. The van der Waals surface area contributed by atoms with Gasteiger partial charge in [0, 0.05) is 18.4 Å². The summed E-state index contributed by atoms with van der Waals surface area (Å²) in [6.07, 6.45) is -7.41. The van der Waals surface area contributed by atoms with Crippen LogP contribution in [0, 0.1) is 32.5 Å². The zero-order valence-electron chi connectivity index (χ0n) is 31.9. The molecule has 0 saturated heterocycles. The summed E-state index contributed by atoms with van der Waals surface area (Å²) < 4.78 is 33.0. The first-order valence-electron chi connectivity index (χ1n) is 15.0. The predicted molar refractivity (Wildman–Crippen MR) is 223 cm³/mol. The van der Waals surface area contributed by atoms with E-state index in [4.69, 9.17) is 101 Å². The Balaban J connectivity index is -0.000000285. The van der Waals surface area contributed by atoms with Gasteiger partial charge < -0.3 is 73.5 Å². The Morgan fingerprint density at radius 1 is 0.283 bits per heavy atom. The van der Waals surface area contributed by atoms with Gasteiger partial charge in [-0.3, -0.25) is 27.1 Å². The zero-order chi connectivity index (χ0) is 37.0. The Bertz CT molecular complexity index is 635. The van der Waals surface area contributed by atoms with Gasteiger partial charge >= 0.3 is 24.4 Å². The predicted octanol–water partition coefficient (Wildman–Crippen LogP) is 11.3. The van der Waals surface area contributed by atoms with Crippen LogP contribution in [0.5, 0.6) is 0 Å². The zero-order valence-corrected chi connectivity index (χ0v) is 42.1. The van der Waals surface area contributed by atoms with Gasteiger partial charge in [-0.05, 0) is 32.5 Å². The maximum absolute atomic E-state index is 5.51. The Hall–Kier alpha value is 3.97. The second-order valence-electron chi connectivity index (χ2n) is 18.3. The van der Waals surface area contributed by atoms with Gasteiger partial charge in [0.1, 0.15) is 0 Å². The minimum absolute atomic E-state index is 0. The smallest absolute Gasteiger partial charge is 0.516 e. The molecule has 6 nitrogen and oxygen atoms in total. The third-order valence-electron chi connectivity index (χ3n) is 3.93. The first kappa shape index (κ1) is 56.7. The summed E-state index contributed by atoms with van der Waals surface area (Å²) in [6.45, 7) is 40.8. The van der Waals surface area contributed by atoms with E-state index in [2.05, 4.69) is 125 Å². The molecule has 278 valence electrons. The van der Waals surface area contributed by atoms with Gasteiger partial charge in [-0.1, -0.05) is 125 Å². The summed E-state index contributed by atoms with van der Waals surface area (Å²) >= 11 is 31.0. The van der Waals surface area contributed by atoms with E-state index in [1.807, 2.05) is 0 Å². The topological polar surface area (TPSA) is 55.4 Å². The number of hydrogen-bond donors (Lipinski definition) is 0. The molecule has 0 N–H and O–H groups in total. The van der Waals surface area contributed by atoms with Gasteiger partial charge in [-0.15, -0.1) is 0 Å². The van der Waals surface area contributed by atoms with Crippen LogP contribution < -0.4 is 0 Å². The molecule has 16 heteroatoms. The standard InChI is InChI=1S/3C10H23O2PS2.Sb/c3*1-9(2,3)7-11-13(14,15)12-8-10(4,5)6;/h3*7-8H2,1-6H3,(H,14,15);/q;;;+3/p-3. The molecule has 0 saturated carbocycles. The van der Waals surface area contributed by atoms with Crippen molar-refractivity contribution >= 4 is 116 Å². The number of hydrogen-bond acceptors (Lipinski definition) is 12. The summed E-state index contributed by atoms with van der Waals surface area (Å²) in [5.74, 6) is 0. The molecule has 0 spiro atoms. The molecule has 0 aliphatic rings. The summed E-state index contributed by atoms with van der Waals surface area (Å²) in [4.78, 5) is 0. The monoisotopic (exact) mass is 928 g/mol. The fraction of sp³-hybridized carbons (Fsp3) is 1.00. The molecule has 0 aromatic carbocycles. The maximum atomic E-state index is 5.51. The van der Waals surface area contributed by atoms with Crippen molar-refractivity contribution in [3.05, 3.63) is 0 Å². The SMILES string of the molecule is CC(C)(C)CO[P+]([S-])([S-])OCC(C)(C)C.CC(C)(C)CO[P+]([S-])([S-])OCC(C)(C)C.CC(C)(C)CO[P+]([S-])([S-])OCC(C)(C)C.[Sb+3]. The molecule has 0 aromatic rings. The van der Waals surface area contributed by atoms with Crippen molar-refractivity contribution in [1.29, 1.82) is 0 Å². The Morgan fingerprint density at radius 2 is 0.370 bits per heavy atom. The molecule has 0 aromatic heterocycles. The Kier molecular flexibility index (Phi) is 28.4. The molecule has 0 bridgehead atoms. The number of rotatable bonds is 12. The van der Waals surface area contributed by atoms with Crippen molar-refractivity contribution in [2.45, 2.75) is 125 Å². The van der Waals surface area contributed by atoms with Gasteiger partial charge in [0.2, 0.25) is 0 Å². The average Bonchev–Trinajstić information content (AvgIpc) is 2.75. The van der Waals surface area contributed by atoms with Crippen molar-refractivity contribution < 1.29 is 27.1 Å². The molecule has 2 radical (unpaired) electrons. The van der Waals surface area contributed by atoms with E-state index in [-0.39, 0.29) is 56.9 Å². The minimum atomic E-state index is -2.47. The van der Waals surface area contributed by atoms with E-state index >= 15 is 0 Å². The second kappa shape index (κ2) is 23.0. The van der Waals surface area contributed by atoms with Crippen LogP contribution in [0.1, 0.15) is 125 Å². The van der Waals surface area contributed by atoms with Crippen molar-refractivity contribution in [1.82, 2.24) is 0 Å². The third-order valence-corrected chi connectivity index (χ3v) is 10.4. The van der Waals surface area contributed by atoms with Gasteiger partial charge in [-0.25, -0.2) is 0 Å². The maximum Gasteiger partial charge on any atom is 3.00 e. The quantitative estimate of drug-likeness (QED) is 0.106. The molecular formula is C30H66O6P3S6Sb. The second-order valence-corrected chi connectivity index (χ2v) is 33.3. The molecule has 0 fully saturated rings. The van der Waals surface area contributed by atoms with E-state index in [9.17, 15) is 0 Å². The van der Waals surface area contributed by atoms with Crippen LogP contribution in [-0.2, 0) is 101 Å². The van der Waals surface area contributed by atoms with E-state index < -0.39 is 18.4 Å². The van der Waals surface area contributed by atoms with Crippen LogP contribution in [0.15, 0.2) is 0 Å². The van der Waals surface area contributed by atoms with Crippen LogP contribution in [0.3, 0.4) is 0 Å². The molecule has 0 aliphatic heterocycles. The third kappa shape index (κ3) is 50.1. The fourth-order valence-corrected chi connectivity index (χ4v) is 7.14. The molecular weight excluding hydrogens is 863 g/mol. The van der Waals surface area contributed by atoms with Crippen LogP contribution in [-0.4, -0.2) is 64.1 Å². The van der Waals surface area contributed by atoms with Crippen LogP contribution in [0.25, 0.3) is 0 Å². The molecule has 0 rings (SSSR count). The summed E-state index contributed by atoms with van der Waals surface area (Å²) in [5, 5.41) is 0. The minimum Gasteiger partial charge on any atom is -0.516 e. The van der Waals surface area contributed by atoms with Gasteiger partial charge in [0.15, 0.2) is 0 Å². The Labute approximate surface area is 337 Å². The van der Waals surface area contributed by atoms with E-state index in [1.54, 1.807) is 0 Å².